The van der Waals surface area contributed by atoms with Crippen LogP contribution in [0.2, 0.25) is 0 Å². The molecule has 0 aliphatic carbocycles. The summed E-state index contributed by atoms with van der Waals surface area (Å²) in [6.07, 6.45) is 2.03. The lowest BCUT2D eigenvalue weighted by Gasteiger charge is -2.23. The molecule has 1 heterocycles. The van der Waals surface area contributed by atoms with Gasteiger partial charge >= 0.3 is 0 Å². The van der Waals surface area contributed by atoms with Gasteiger partial charge in [-0.3, -0.25) is 4.90 Å². The molecule has 5 nitrogen and oxygen atoms in total. The van der Waals surface area contributed by atoms with Crippen molar-refractivity contribution in [2.24, 2.45) is 0 Å². The first-order valence-electron chi connectivity index (χ1n) is 8.71. The van der Waals surface area contributed by atoms with Crippen molar-refractivity contribution in [2.45, 2.75) is 38.8 Å². The SMILES string of the molecule is CCOc1ccc(OC[C@@H](O)CNC[C@H]2CCCN2CC)cc1. The second-order valence-electron chi connectivity index (χ2n) is 5.95. The summed E-state index contributed by atoms with van der Waals surface area (Å²) >= 11 is 0. The number of likely N-dealkylation sites (N-methyl/N-ethyl adjacent to an activating group) is 1. The van der Waals surface area contributed by atoms with Crippen molar-refractivity contribution in [1.82, 2.24) is 10.2 Å². The Bertz CT molecular complexity index is 438. The first-order chi connectivity index (χ1) is 11.2. The number of aliphatic hydroxyl groups is 1. The molecule has 0 aromatic heterocycles. The summed E-state index contributed by atoms with van der Waals surface area (Å²) in [7, 11) is 0. The van der Waals surface area contributed by atoms with Gasteiger partial charge in [0.15, 0.2) is 0 Å². The van der Waals surface area contributed by atoms with Gasteiger partial charge in [0.25, 0.3) is 0 Å². The van der Waals surface area contributed by atoms with E-state index in [-0.39, 0.29) is 0 Å². The molecule has 5 heteroatoms. The molecule has 23 heavy (non-hydrogen) atoms. The highest BCUT2D eigenvalue weighted by Crippen LogP contribution is 2.18. The highest BCUT2D eigenvalue weighted by molar-refractivity contribution is 5.31. The maximum absolute atomic E-state index is 10.0. The Balaban J connectivity index is 1.62. The topological polar surface area (TPSA) is 54.0 Å². The maximum atomic E-state index is 10.0. The highest BCUT2D eigenvalue weighted by atomic mass is 16.5. The predicted molar refractivity (Wildman–Crippen MR) is 92.3 cm³/mol. The molecule has 1 fully saturated rings. The first-order valence-corrected chi connectivity index (χ1v) is 8.71. The largest absolute Gasteiger partial charge is 0.494 e. The van der Waals surface area contributed by atoms with E-state index >= 15 is 0 Å². The van der Waals surface area contributed by atoms with Gasteiger partial charge in [0.2, 0.25) is 0 Å². The van der Waals surface area contributed by atoms with Crippen molar-refractivity contribution in [3.8, 4) is 11.5 Å². The van der Waals surface area contributed by atoms with E-state index in [1.807, 2.05) is 31.2 Å². The zero-order valence-corrected chi connectivity index (χ0v) is 14.3. The number of hydrogen-bond acceptors (Lipinski definition) is 5. The number of ether oxygens (including phenoxy) is 2. The summed E-state index contributed by atoms with van der Waals surface area (Å²) < 4.78 is 11.0. The lowest BCUT2D eigenvalue weighted by Crippen LogP contribution is -2.41. The molecule has 2 atom stereocenters. The van der Waals surface area contributed by atoms with Crippen molar-refractivity contribution in [2.75, 3.05) is 39.4 Å². The third-order valence-electron chi connectivity index (χ3n) is 4.24. The zero-order chi connectivity index (χ0) is 16.5. The second-order valence-corrected chi connectivity index (χ2v) is 5.95. The van der Waals surface area contributed by atoms with Crippen molar-refractivity contribution in [3.63, 3.8) is 0 Å². The Morgan fingerprint density at radius 3 is 2.57 bits per heavy atom. The van der Waals surface area contributed by atoms with E-state index in [0.29, 0.717) is 25.8 Å². The minimum absolute atomic E-state index is 0.295. The summed E-state index contributed by atoms with van der Waals surface area (Å²) in [5.74, 6) is 1.58. The average molecular weight is 322 g/mol. The molecule has 130 valence electrons. The molecule has 1 aliphatic rings. The van der Waals surface area contributed by atoms with Gasteiger partial charge in [0.1, 0.15) is 24.2 Å². The Morgan fingerprint density at radius 1 is 1.22 bits per heavy atom. The van der Waals surface area contributed by atoms with Crippen LogP contribution in [0, 0.1) is 0 Å². The smallest absolute Gasteiger partial charge is 0.119 e. The van der Waals surface area contributed by atoms with Gasteiger partial charge in [-0.2, -0.15) is 0 Å². The quantitative estimate of drug-likeness (QED) is 0.689. The molecule has 2 N–H and O–H groups in total. The van der Waals surface area contributed by atoms with E-state index in [1.165, 1.54) is 19.4 Å². The monoisotopic (exact) mass is 322 g/mol. The Hall–Kier alpha value is -1.30. The molecule has 0 amide bonds. The molecule has 0 radical (unpaired) electrons. The molecule has 1 aromatic carbocycles. The molecular weight excluding hydrogens is 292 g/mol. The fourth-order valence-corrected chi connectivity index (χ4v) is 3.01. The molecule has 0 spiro atoms. The predicted octanol–water partition coefficient (Wildman–Crippen LogP) is 1.90. The van der Waals surface area contributed by atoms with E-state index < -0.39 is 6.10 Å². The fraction of sp³-hybridized carbons (Fsp3) is 0.667. The minimum atomic E-state index is -0.502. The Kier molecular flexibility index (Phi) is 7.65. The molecule has 0 unspecified atom stereocenters. The van der Waals surface area contributed by atoms with Crippen LogP contribution in [0.3, 0.4) is 0 Å². The summed E-state index contributed by atoms with van der Waals surface area (Å²) in [4.78, 5) is 2.50. The van der Waals surface area contributed by atoms with E-state index in [1.54, 1.807) is 0 Å². The summed E-state index contributed by atoms with van der Waals surface area (Å²) in [5.41, 5.74) is 0. The van der Waals surface area contributed by atoms with Gasteiger partial charge in [-0.1, -0.05) is 6.92 Å². The van der Waals surface area contributed by atoms with Gasteiger partial charge in [-0.15, -0.1) is 0 Å². The Labute approximate surface area is 139 Å². The van der Waals surface area contributed by atoms with Crippen LogP contribution in [-0.4, -0.2) is 61.5 Å². The molecule has 2 rings (SSSR count). The van der Waals surface area contributed by atoms with Gasteiger partial charge < -0.3 is 19.9 Å². The zero-order valence-electron chi connectivity index (χ0n) is 14.3. The van der Waals surface area contributed by atoms with Crippen LogP contribution in [0.4, 0.5) is 0 Å². The van der Waals surface area contributed by atoms with Crippen molar-refractivity contribution in [1.29, 1.82) is 0 Å². The van der Waals surface area contributed by atoms with Gasteiger partial charge in [0.05, 0.1) is 6.61 Å². The van der Waals surface area contributed by atoms with E-state index in [4.69, 9.17) is 9.47 Å². The summed E-state index contributed by atoms with van der Waals surface area (Å²) in [6, 6.07) is 8.09. The molecule has 0 saturated carbocycles. The third kappa shape index (κ3) is 6.01. The highest BCUT2D eigenvalue weighted by Gasteiger charge is 2.22. The van der Waals surface area contributed by atoms with Crippen LogP contribution in [0.15, 0.2) is 24.3 Å². The van der Waals surface area contributed by atoms with E-state index in [0.717, 1.165) is 24.6 Å². The van der Waals surface area contributed by atoms with Crippen LogP contribution >= 0.6 is 0 Å². The van der Waals surface area contributed by atoms with Gasteiger partial charge in [-0.05, 0) is 57.1 Å². The van der Waals surface area contributed by atoms with E-state index in [2.05, 4.69) is 17.1 Å². The number of nitrogens with one attached hydrogen (secondary N) is 1. The molecule has 0 bridgehead atoms. The maximum Gasteiger partial charge on any atom is 0.119 e. The molecule has 1 saturated heterocycles. The number of nitrogens with zero attached hydrogens (tertiary/aromatic N) is 1. The Morgan fingerprint density at radius 2 is 1.91 bits per heavy atom. The van der Waals surface area contributed by atoms with Crippen LogP contribution < -0.4 is 14.8 Å². The van der Waals surface area contributed by atoms with Crippen molar-refractivity contribution in [3.05, 3.63) is 24.3 Å². The molecule has 1 aliphatic heterocycles. The number of rotatable bonds is 10. The van der Waals surface area contributed by atoms with Gasteiger partial charge in [0, 0.05) is 19.1 Å². The van der Waals surface area contributed by atoms with Crippen LogP contribution in [0.25, 0.3) is 0 Å². The number of benzene rings is 1. The van der Waals surface area contributed by atoms with Crippen LogP contribution in [-0.2, 0) is 0 Å². The second kappa shape index (κ2) is 9.75. The minimum Gasteiger partial charge on any atom is -0.494 e. The first kappa shape index (κ1) is 18.0. The summed E-state index contributed by atoms with van der Waals surface area (Å²) in [6.45, 7) is 8.92. The number of aliphatic hydroxyl groups excluding tert-OH is 1. The van der Waals surface area contributed by atoms with Crippen molar-refractivity contribution >= 4 is 0 Å². The molecular formula is C18H30N2O3. The van der Waals surface area contributed by atoms with Gasteiger partial charge in [-0.25, -0.2) is 0 Å². The average Bonchev–Trinajstić information content (AvgIpc) is 3.02. The van der Waals surface area contributed by atoms with Crippen LogP contribution in [0.5, 0.6) is 11.5 Å². The van der Waals surface area contributed by atoms with Crippen molar-refractivity contribution < 1.29 is 14.6 Å². The third-order valence-corrected chi connectivity index (χ3v) is 4.24. The standard InChI is InChI=1S/C18H30N2O3/c1-3-20-11-5-6-15(20)12-19-13-16(21)14-23-18-9-7-17(8-10-18)22-4-2/h7-10,15-16,19,21H,3-6,11-14H2,1-2H3/t15-,16+/m1/s1. The number of hydrogen-bond donors (Lipinski definition) is 2. The summed E-state index contributed by atoms with van der Waals surface area (Å²) in [5, 5.41) is 13.4. The van der Waals surface area contributed by atoms with E-state index in [9.17, 15) is 5.11 Å². The molecule has 1 aromatic rings. The van der Waals surface area contributed by atoms with Crippen LogP contribution in [0.1, 0.15) is 26.7 Å². The lowest BCUT2D eigenvalue weighted by atomic mass is 10.2. The fourth-order valence-electron chi connectivity index (χ4n) is 3.01. The normalized spacial score (nSPS) is 19.7. The number of likely N-dealkylation sites (tertiary alicyclic amines) is 1. The lowest BCUT2D eigenvalue weighted by molar-refractivity contribution is 0.104.